The first-order chi connectivity index (χ1) is 8.61. The van der Waals surface area contributed by atoms with Crippen molar-refractivity contribution in [3.05, 3.63) is 60.2 Å². The van der Waals surface area contributed by atoms with E-state index in [1.807, 2.05) is 50.2 Å². The topological polar surface area (TPSA) is 25.8 Å². The quantitative estimate of drug-likeness (QED) is 0.807. The maximum atomic E-state index is 4.23. The van der Waals surface area contributed by atoms with Crippen molar-refractivity contribution in [2.45, 2.75) is 24.3 Å². The molecule has 0 N–H and O–H groups in total. The summed E-state index contributed by atoms with van der Waals surface area (Å²) in [7, 11) is 0. The first kappa shape index (κ1) is 15.1. The Balaban J connectivity index is 0.000000180. The third-order valence-corrected chi connectivity index (χ3v) is 2.76. The number of hydrogen-bond donors (Lipinski definition) is 2. The van der Waals surface area contributed by atoms with E-state index in [4.69, 9.17) is 0 Å². The van der Waals surface area contributed by atoms with Crippen LogP contribution < -0.4 is 0 Å². The molecular weight excluding hydrogens is 260 g/mol. The summed E-state index contributed by atoms with van der Waals surface area (Å²) in [5.41, 5.74) is 2.06. The van der Waals surface area contributed by atoms with Gasteiger partial charge in [0.05, 0.1) is 11.4 Å². The average Bonchev–Trinajstić information content (AvgIpc) is 2.41. The Kier molecular flexibility index (Phi) is 6.83. The standard InChI is InChI=1S/2C7H9NS/c2*1-6(9)7-4-2-3-5-8-7/h2*2-6,9H,1H3. The van der Waals surface area contributed by atoms with Crippen LogP contribution in [0.15, 0.2) is 48.8 Å². The molecule has 0 radical (unpaired) electrons. The molecule has 4 heteroatoms. The van der Waals surface area contributed by atoms with Gasteiger partial charge in [-0.2, -0.15) is 25.3 Å². The first-order valence-electron chi connectivity index (χ1n) is 5.79. The summed E-state index contributed by atoms with van der Waals surface area (Å²) in [5, 5.41) is 0.484. The van der Waals surface area contributed by atoms with Crippen molar-refractivity contribution in [2.24, 2.45) is 0 Å². The van der Waals surface area contributed by atoms with Crippen molar-refractivity contribution in [1.29, 1.82) is 0 Å². The molecule has 0 aromatic carbocycles. The number of hydrogen-bond acceptors (Lipinski definition) is 4. The highest BCUT2D eigenvalue weighted by Crippen LogP contribution is 2.14. The molecule has 0 aliphatic carbocycles. The molecule has 2 nitrogen and oxygen atoms in total. The largest absolute Gasteiger partial charge is 0.260 e. The van der Waals surface area contributed by atoms with Crippen LogP contribution in [0.4, 0.5) is 0 Å². The van der Waals surface area contributed by atoms with Crippen molar-refractivity contribution in [3.63, 3.8) is 0 Å². The van der Waals surface area contributed by atoms with Crippen LogP contribution in [0.3, 0.4) is 0 Å². The average molecular weight is 278 g/mol. The number of aromatic nitrogens is 2. The Morgan fingerprint density at radius 1 is 0.778 bits per heavy atom. The molecule has 0 aliphatic heterocycles. The smallest absolute Gasteiger partial charge is 0.0528 e. The number of thiol groups is 2. The van der Waals surface area contributed by atoms with Gasteiger partial charge in [0.15, 0.2) is 0 Å². The molecule has 0 saturated heterocycles. The highest BCUT2D eigenvalue weighted by molar-refractivity contribution is 7.80. The predicted molar refractivity (Wildman–Crippen MR) is 83.3 cm³/mol. The Bertz CT molecular complexity index is 387. The molecule has 0 fully saturated rings. The lowest BCUT2D eigenvalue weighted by Crippen LogP contribution is -1.86. The van der Waals surface area contributed by atoms with E-state index in [1.54, 1.807) is 12.4 Å². The van der Waals surface area contributed by atoms with E-state index in [0.717, 1.165) is 11.4 Å². The monoisotopic (exact) mass is 278 g/mol. The van der Waals surface area contributed by atoms with Crippen LogP contribution in [0.25, 0.3) is 0 Å². The molecule has 18 heavy (non-hydrogen) atoms. The number of rotatable bonds is 2. The molecule has 0 spiro atoms. The molecule has 0 bridgehead atoms. The molecule has 96 valence electrons. The second-order valence-corrected chi connectivity index (χ2v) is 5.41. The zero-order chi connectivity index (χ0) is 13.4. The molecule has 2 unspecified atom stereocenters. The normalized spacial score (nSPS) is 13.1. The van der Waals surface area contributed by atoms with E-state index >= 15 is 0 Å². The summed E-state index contributed by atoms with van der Waals surface area (Å²) in [6.45, 7) is 4.01. The maximum Gasteiger partial charge on any atom is 0.0528 e. The van der Waals surface area contributed by atoms with Gasteiger partial charge < -0.3 is 0 Å². The molecule has 2 atom stereocenters. The minimum Gasteiger partial charge on any atom is -0.260 e. The van der Waals surface area contributed by atoms with Gasteiger partial charge >= 0.3 is 0 Å². The highest BCUT2D eigenvalue weighted by Gasteiger charge is 1.97. The Morgan fingerprint density at radius 2 is 1.17 bits per heavy atom. The third-order valence-electron chi connectivity index (χ3n) is 2.23. The van der Waals surface area contributed by atoms with Gasteiger partial charge in [-0.25, -0.2) is 0 Å². The fourth-order valence-corrected chi connectivity index (χ4v) is 1.55. The van der Waals surface area contributed by atoms with Crippen molar-refractivity contribution in [1.82, 2.24) is 9.97 Å². The lowest BCUT2D eigenvalue weighted by molar-refractivity contribution is 1.02. The van der Waals surface area contributed by atoms with Crippen LogP contribution in [0.1, 0.15) is 35.7 Å². The van der Waals surface area contributed by atoms with E-state index in [0.29, 0.717) is 0 Å². The van der Waals surface area contributed by atoms with Crippen molar-refractivity contribution >= 4 is 25.3 Å². The van der Waals surface area contributed by atoms with Gasteiger partial charge in [-0.15, -0.1) is 0 Å². The van der Waals surface area contributed by atoms with E-state index in [-0.39, 0.29) is 10.5 Å². The lowest BCUT2D eigenvalue weighted by atomic mass is 10.3. The van der Waals surface area contributed by atoms with Crippen LogP contribution in [0.5, 0.6) is 0 Å². The molecular formula is C14H18N2S2. The summed E-state index contributed by atoms with van der Waals surface area (Å²) < 4.78 is 0. The third kappa shape index (κ3) is 5.56. The molecule has 2 aromatic rings. The van der Waals surface area contributed by atoms with Gasteiger partial charge in [-0.3, -0.25) is 9.97 Å². The predicted octanol–water partition coefficient (Wildman–Crippen LogP) is 4.14. The van der Waals surface area contributed by atoms with Gasteiger partial charge in [-0.1, -0.05) is 12.1 Å². The van der Waals surface area contributed by atoms with Crippen LogP contribution >= 0.6 is 25.3 Å². The summed E-state index contributed by atoms with van der Waals surface area (Å²) >= 11 is 8.45. The molecule has 2 heterocycles. The minimum absolute atomic E-state index is 0.242. The van der Waals surface area contributed by atoms with Gasteiger partial charge in [0.25, 0.3) is 0 Å². The van der Waals surface area contributed by atoms with E-state index in [1.165, 1.54) is 0 Å². The Labute approximate surface area is 120 Å². The lowest BCUT2D eigenvalue weighted by Gasteiger charge is -1.99. The SMILES string of the molecule is CC(S)c1ccccn1.CC(S)c1ccccn1. The van der Waals surface area contributed by atoms with Gasteiger partial charge in [-0.05, 0) is 38.1 Å². The fourth-order valence-electron chi connectivity index (χ4n) is 1.25. The Hall–Kier alpha value is -1.00. The van der Waals surface area contributed by atoms with E-state index < -0.39 is 0 Å². The van der Waals surface area contributed by atoms with Crippen LogP contribution in [0.2, 0.25) is 0 Å². The van der Waals surface area contributed by atoms with E-state index in [2.05, 4.69) is 35.2 Å². The summed E-state index contributed by atoms with van der Waals surface area (Å²) in [5.74, 6) is 0. The molecule has 2 rings (SSSR count). The second kappa shape index (κ2) is 8.16. The molecule has 0 aliphatic rings. The molecule has 0 saturated carbocycles. The van der Waals surface area contributed by atoms with Gasteiger partial charge in [0.1, 0.15) is 0 Å². The summed E-state index contributed by atoms with van der Waals surface area (Å²) in [6.07, 6.45) is 3.56. The first-order valence-corrected chi connectivity index (χ1v) is 6.82. The fraction of sp³-hybridized carbons (Fsp3) is 0.286. The summed E-state index contributed by atoms with van der Waals surface area (Å²) in [4.78, 5) is 8.20. The summed E-state index contributed by atoms with van der Waals surface area (Å²) in [6, 6.07) is 11.7. The zero-order valence-corrected chi connectivity index (χ0v) is 12.4. The van der Waals surface area contributed by atoms with Gasteiger partial charge in [0, 0.05) is 22.9 Å². The van der Waals surface area contributed by atoms with Crippen molar-refractivity contribution in [3.8, 4) is 0 Å². The van der Waals surface area contributed by atoms with Crippen LogP contribution in [-0.2, 0) is 0 Å². The Morgan fingerprint density at radius 3 is 1.33 bits per heavy atom. The minimum atomic E-state index is 0.242. The van der Waals surface area contributed by atoms with Crippen molar-refractivity contribution in [2.75, 3.05) is 0 Å². The zero-order valence-electron chi connectivity index (χ0n) is 10.6. The molecule has 2 aromatic heterocycles. The number of nitrogens with zero attached hydrogens (tertiary/aromatic N) is 2. The van der Waals surface area contributed by atoms with Crippen molar-refractivity contribution < 1.29 is 0 Å². The van der Waals surface area contributed by atoms with Gasteiger partial charge in [0.2, 0.25) is 0 Å². The second-order valence-electron chi connectivity index (χ2n) is 3.86. The maximum absolute atomic E-state index is 4.23. The number of pyridine rings is 2. The van der Waals surface area contributed by atoms with Crippen LogP contribution in [0, 0.1) is 0 Å². The highest BCUT2D eigenvalue weighted by atomic mass is 32.1. The van der Waals surface area contributed by atoms with E-state index in [9.17, 15) is 0 Å². The molecule has 0 amide bonds. The van der Waals surface area contributed by atoms with Crippen LogP contribution in [-0.4, -0.2) is 9.97 Å².